The van der Waals surface area contributed by atoms with Crippen molar-refractivity contribution >= 4 is 24.1 Å². The van der Waals surface area contributed by atoms with Gasteiger partial charge >= 0.3 is 0 Å². The summed E-state index contributed by atoms with van der Waals surface area (Å²) in [6.07, 6.45) is 3.66. The second-order valence-electron chi connectivity index (χ2n) is 4.66. The van der Waals surface area contributed by atoms with E-state index in [0.717, 1.165) is 19.5 Å². The fourth-order valence-corrected chi connectivity index (χ4v) is 2.37. The van der Waals surface area contributed by atoms with E-state index in [2.05, 4.69) is 49.9 Å². The molecule has 1 aliphatic rings. The van der Waals surface area contributed by atoms with Crippen LogP contribution in [0.25, 0.3) is 5.57 Å². The molecule has 96 valence electrons. The van der Waals surface area contributed by atoms with Crippen molar-refractivity contribution in [3.8, 4) is 0 Å². The zero-order valence-electron chi connectivity index (χ0n) is 10.7. The van der Waals surface area contributed by atoms with Gasteiger partial charge in [0.05, 0.1) is 0 Å². The number of hydrogen-bond acceptors (Lipinski definition) is 2. The van der Waals surface area contributed by atoms with Crippen LogP contribution in [0.15, 0.2) is 30.3 Å². The van der Waals surface area contributed by atoms with Gasteiger partial charge in [0, 0.05) is 19.5 Å². The molecule has 1 aliphatic heterocycles. The Hall–Kier alpha value is -1.22. The molecule has 2 nitrogen and oxygen atoms in total. The maximum Gasteiger partial charge on any atom is 0.223 e. The molecular weight excluding hydrogens is 242 g/mol. The Kier molecular flexibility index (Phi) is 4.48. The Morgan fingerprint density at radius 2 is 2.06 bits per heavy atom. The van der Waals surface area contributed by atoms with Crippen molar-refractivity contribution in [1.82, 2.24) is 4.90 Å². The summed E-state index contributed by atoms with van der Waals surface area (Å²) in [5.41, 5.74) is 3.91. The first-order valence-corrected chi connectivity index (χ1v) is 6.98. The van der Waals surface area contributed by atoms with E-state index in [4.69, 9.17) is 0 Å². The van der Waals surface area contributed by atoms with Crippen LogP contribution in [0.4, 0.5) is 0 Å². The van der Waals surface area contributed by atoms with Gasteiger partial charge in [0.1, 0.15) is 0 Å². The van der Waals surface area contributed by atoms with Gasteiger partial charge in [0.2, 0.25) is 5.91 Å². The Labute approximate surface area is 114 Å². The highest BCUT2D eigenvalue weighted by Gasteiger charge is 2.16. The molecule has 0 radical (unpaired) electrons. The minimum absolute atomic E-state index is 0.212. The van der Waals surface area contributed by atoms with Gasteiger partial charge < -0.3 is 4.90 Å². The third kappa shape index (κ3) is 3.16. The van der Waals surface area contributed by atoms with Crippen molar-refractivity contribution < 1.29 is 4.79 Å². The van der Waals surface area contributed by atoms with E-state index in [9.17, 15) is 4.79 Å². The van der Waals surface area contributed by atoms with E-state index in [0.29, 0.717) is 12.2 Å². The van der Waals surface area contributed by atoms with Crippen molar-refractivity contribution in [2.24, 2.45) is 0 Å². The first-order valence-electron chi connectivity index (χ1n) is 6.35. The Bertz CT molecular complexity index is 450. The number of aryl methyl sites for hydroxylation is 1. The average Bonchev–Trinajstić information content (AvgIpc) is 2.40. The van der Waals surface area contributed by atoms with Gasteiger partial charge in [-0.05, 0) is 30.2 Å². The van der Waals surface area contributed by atoms with Crippen molar-refractivity contribution in [1.29, 1.82) is 0 Å². The number of rotatable bonds is 3. The van der Waals surface area contributed by atoms with Gasteiger partial charge in [-0.25, -0.2) is 0 Å². The molecule has 1 aromatic rings. The summed E-state index contributed by atoms with van der Waals surface area (Å²) < 4.78 is 0. The number of thiol groups is 1. The lowest BCUT2D eigenvalue weighted by Gasteiger charge is -2.26. The molecule has 1 aromatic carbocycles. The van der Waals surface area contributed by atoms with Gasteiger partial charge in [0.15, 0.2) is 0 Å². The highest BCUT2D eigenvalue weighted by atomic mass is 32.1. The van der Waals surface area contributed by atoms with Crippen LogP contribution in [-0.4, -0.2) is 29.6 Å². The zero-order valence-corrected chi connectivity index (χ0v) is 11.6. The maximum absolute atomic E-state index is 11.7. The van der Waals surface area contributed by atoms with Gasteiger partial charge in [-0.2, -0.15) is 12.6 Å². The summed E-state index contributed by atoms with van der Waals surface area (Å²) >= 11 is 4.10. The van der Waals surface area contributed by atoms with Gasteiger partial charge in [-0.15, -0.1) is 0 Å². The van der Waals surface area contributed by atoms with E-state index >= 15 is 0 Å². The summed E-state index contributed by atoms with van der Waals surface area (Å²) in [4.78, 5) is 13.6. The summed E-state index contributed by atoms with van der Waals surface area (Å²) in [5, 5.41) is 0. The molecule has 0 saturated heterocycles. The van der Waals surface area contributed by atoms with E-state index in [1.54, 1.807) is 0 Å². The summed E-state index contributed by atoms with van der Waals surface area (Å²) in [6, 6.07) is 8.59. The molecule has 0 unspecified atom stereocenters. The van der Waals surface area contributed by atoms with E-state index < -0.39 is 0 Å². The normalized spacial score (nSPS) is 15.4. The highest BCUT2D eigenvalue weighted by Crippen LogP contribution is 2.22. The van der Waals surface area contributed by atoms with E-state index in [-0.39, 0.29) is 5.91 Å². The van der Waals surface area contributed by atoms with Crippen LogP contribution in [0, 0.1) is 6.92 Å². The first-order chi connectivity index (χ1) is 8.70. The third-order valence-corrected chi connectivity index (χ3v) is 3.53. The second-order valence-corrected chi connectivity index (χ2v) is 5.11. The second kappa shape index (κ2) is 6.10. The Morgan fingerprint density at radius 3 is 2.61 bits per heavy atom. The van der Waals surface area contributed by atoms with Gasteiger partial charge in [-0.3, -0.25) is 4.79 Å². The topological polar surface area (TPSA) is 20.3 Å². The number of amides is 1. The Balaban J connectivity index is 2.02. The standard InChI is InChI=1S/C15H19NOS/c1-12-2-4-13(5-3-12)14-6-9-16(10-7-14)15(17)8-11-18/h2-6,18H,7-11H2,1H3. The smallest absolute Gasteiger partial charge is 0.223 e. The molecule has 2 rings (SSSR count). The highest BCUT2D eigenvalue weighted by molar-refractivity contribution is 7.80. The number of benzene rings is 1. The quantitative estimate of drug-likeness (QED) is 0.830. The molecule has 0 aromatic heterocycles. The first kappa shape index (κ1) is 13.2. The maximum atomic E-state index is 11.7. The van der Waals surface area contributed by atoms with E-state index in [1.807, 2.05) is 4.90 Å². The molecule has 0 atom stereocenters. The molecule has 3 heteroatoms. The number of hydrogen-bond donors (Lipinski definition) is 1. The van der Waals surface area contributed by atoms with Crippen LogP contribution < -0.4 is 0 Å². The predicted molar refractivity (Wildman–Crippen MR) is 78.8 cm³/mol. The van der Waals surface area contributed by atoms with Crippen LogP contribution in [0.1, 0.15) is 24.0 Å². The lowest BCUT2D eigenvalue weighted by atomic mass is 9.98. The number of carbonyl (C=O) groups is 1. The van der Waals surface area contributed by atoms with Crippen LogP contribution in [-0.2, 0) is 4.79 Å². The largest absolute Gasteiger partial charge is 0.339 e. The zero-order chi connectivity index (χ0) is 13.0. The van der Waals surface area contributed by atoms with Crippen molar-refractivity contribution in [3.63, 3.8) is 0 Å². The van der Waals surface area contributed by atoms with Crippen molar-refractivity contribution in [3.05, 3.63) is 41.5 Å². The van der Waals surface area contributed by atoms with Crippen molar-refractivity contribution in [2.75, 3.05) is 18.8 Å². The SMILES string of the molecule is Cc1ccc(C2=CCN(C(=O)CCS)CC2)cc1. The lowest BCUT2D eigenvalue weighted by molar-refractivity contribution is -0.130. The monoisotopic (exact) mass is 261 g/mol. The average molecular weight is 261 g/mol. The van der Waals surface area contributed by atoms with Crippen LogP contribution in [0.2, 0.25) is 0 Å². The van der Waals surface area contributed by atoms with Crippen molar-refractivity contribution in [2.45, 2.75) is 19.8 Å². The van der Waals surface area contributed by atoms with E-state index in [1.165, 1.54) is 16.7 Å². The van der Waals surface area contributed by atoms with Crippen LogP contribution in [0.5, 0.6) is 0 Å². The molecule has 18 heavy (non-hydrogen) atoms. The fraction of sp³-hybridized carbons (Fsp3) is 0.400. The summed E-state index contributed by atoms with van der Waals surface area (Å²) in [7, 11) is 0. The minimum Gasteiger partial charge on any atom is -0.339 e. The Morgan fingerprint density at radius 1 is 1.33 bits per heavy atom. The third-order valence-electron chi connectivity index (χ3n) is 3.31. The number of carbonyl (C=O) groups excluding carboxylic acids is 1. The van der Waals surface area contributed by atoms with Crippen LogP contribution >= 0.6 is 12.6 Å². The number of nitrogens with zero attached hydrogens (tertiary/aromatic N) is 1. The molecule has 0 bridgehead atoms. The van der Waals surface area contributed by atoms with Crippen LogP contribution in [0.3, 0.4) is 0 Å². The summed E-state index contributed by atoms with van der Waals surface area (Å²) in [6.45, 7) is 3.65. The molecule has 0 saturated carbocycles. The molecule has 0 N–H and O–H groups in total. The predicted octanol–water partition coefficient (Wildman–Crippen LogP) is 2.93. The summed E-state index contributed by atoms with van der Waals surface area (Å²) in [5.74, 6) is 0.841. The molecule has 1 heterocycles. The molecule has 0 aliphatic carbocycles. The molecule has 0 spiro atoms. The molecular formula is C15H19NOS. The van der Waals surface area contributed by atoms with Gasteiger partial charge in [0.25, 0.3) is 0 Å². The molecule has 1 amide bonds. The lowest BCUT2D eigenvalue weighted by Crippen LogP contribution is -2.34. The fourth-order valence-electron chi connectivity index (χ4n) is 2.18. The van der Waals surface area contributed by atoms with Gasteiger partial charge in [-0.1, -0.05) is 35.9 Å². The molecule has 0 fully saturated rings. The minimum atomic E-state index is 0.212.